The number of hydrogen-bond acceptors (Lipinski definition) is 8. The van der Waals surface area contributed by atoms with Crippen molar-refractivity contribution < 1.29 is 13.2 Å². The summed E-state index contributed by atoms with van der Waals surface area (Å²) < 4.78 is 36.3. The second kappa shape index (κ2) is 10.9. The first-order valence-electron chi connectivity index (χ1n) is 12.8. The molecule has 1 aliphatic carbocycles. The van der Waals surface area contributed by atoms with E-state index in [1.54, 1.807) is 6.07 Å². The Bertz CT molecular complexity index is 1580. The number of likely N-dealkylation sites (N-methyl/N-ethyl adjacent to an activating group) is 1. The number of nitrogens with one attached hydrogen (secondary N) is 2. The van der Waals surface area contributed by atoms with Crippen molar-refractivity contribution in [3.05, 3.63) is 64.7 Å². The van der Waals surface area contributed by atoms with Gasteiger partial charge in [0.1, 0.15) is 5.75 Å². The van der Waals surface area contributed by atoms with E-state index in [9.17, 15) is 13.2 Å². The first kappa shape index (κ1) is 25.9. The standard InChI is InChI=1S/C26H31N7O4S/c1-3-37-22-14-13-20(38(35,36)27-15-16-32(2)19-11-5-4-6-12-19)17-21(22)23-28-26(34)25-30-29-24(33(25)31-23)18-9-7-8-10-18/h4-6,11-14,17-18,27H,3,7-10,15-16H2,1-2H3,(H,28,31,34). The zero-order chi connectivity index (χ0) is 26.7. The molecular weight excluding hydrogens is 506 g/mol. The van der Waals surface area contributed by atoms with Crippen molar-refractivity contribution >= 4 is 21.4 Å². The highest BCUT2D eigenvalue weighted by Gasteiger charge is 2.25. The van der Waals surface area contributed by atoms with Crippen LogP contribution in [0.15, 0.2) is 58.2 Å². The van der Waals surface area contributed by atoms with Crippen molar-refractivity contribution in [1.82, 2.24) is 29.5 Å². The zero-order valence-corrected chi connectivity index (χ0v) is 22.2. The number of sulfonamides is 1. The number of para-hydroxylation sites is 1. The summed E-state index contributed by atoms with van der Waals surface area (Å²) in [6.07, 6.45) is 4.12. The van der Waals surface area contributed by atoms with E-state index in [-0.39, 0.29) is 28.8 Å². The highest BCUT2D eigenvalue weighted by atomic mass is 32.2. The molecule has 5 rings (SSSR count). The fourth-order valence-electron chi connectivity index (χ4n) is 4.77. The molecule has 12 heteroatoms. The van der Waals surface area contributed by atoms with Gasteiger partial charge in [0.2, 0.25) is 15.7 Å². The average Bonchev–Trinajstić information content (AvgIpc) is 3.60. The second-order valence-corrected chi connectivity index (χ2v) is 11.1. The molecule has 0 spiro atoms. The molecule has 0 unspecified atom stereocenters. The molecule has 2 N–H and O–H groups in total. The van der Waals surface area contributed by atoms with Gasteiger partial charge in [-0.2, -0.15) is 4.52 Å². The van der Waals surface area contributed by atoms with E-state index in [2.05, 4.69) is 25.0 Å². The Hall–Kier alpha value is -3.77. The molecule has 2 aromatic carbocycles. The Morgan fingerprint density at radius 2 is 1.89 bits per heavy atom. The van der Waals surface area contributed by atoms with Crippen LogP contribution in [0.25, 0.3) is 17.0 Å². The van der Waals surface area contributed by atoms with E-state index >= 15 is 0 Å². The second-order valence-electron chi connectivity index (χ2n) is 9.32. The lowest BCUT2D eigenvalue weighted by Gasteiger charge is -2.19. The summed E-state index contributed by atoms with van der Waals surface area (Å²) in [5, 5.41) is 12.9. The fourth-order valence-corrected chi connectivity index (χ4v) is 5.81. The molecule has 0 amide bonds. The summed E-state index contributed by atoms with van der Waals surface area (Å²) in [6, 6.07) is 14.3. The van der Waals surface area contributed by atoms with Crippen LogP contribution >= 0.6 is 0 Å². The fraction of sp³-hybridized carbons (Fsp3) is 0.385. The summed E-state index contributed by atoms with van der Waals surface area (Å²) in [4.78, 5) is 17.6. The number of aromatic nitrogens is 5. The van der Waals surface area contributed by atoms with Crippen molar-refractivity contribution in [2.75, 3.05) is 31.6 Å². The van der Waals surface area contributed by atoms with Gasteiger partial charge in [-0.1, -0.05) is 31.0 Å². The molecule has 0 aliphatic heterocycles. The highest BCUT2D eigenvalue weighted by Crippen LogP contribution is 2.34. The third-order valence-corrected chi connectivity index (χ3v) is 8.23. The minimum absolute atomic E-state index is 0.0424. The predicted molar refractivity (Wildman–Crippen MR) is 144 cm³/mol. The van der Waals surface area contributed by atoms with Crippen LogP contribution in [0.5, 0.6) is 5.75 Å². The summed E-state index contributed by atoms with van der Waals surface area (Å²) >= 11 is 0. The molecule has 1 saturated carbocycles. The van der Waals surface area contributed by atoms with Crippen LogP contribution in [0.4, 0.5) is 5.69 Å². The first-order chi connectivity index (χ1) is 18.4. The number of rotatable bonds is 10. The molecule has 1 aliphatic rings. The van der Waals surface area contributed by atoms with Crippen molar-refractivity contribution in [2.45, 2.75) is 43.4 Å². The Balaban J connectivity index is 1.45. The third-order valence-electron chi connectivity index (χ3n) is 6.77. The number of hydrogen-bond donors (Lipinski definition) is 2. The maximum atomic E-state index is 13.2. The Labute approximate surface area is 220 Å². The van der Waals surface area contributed by atoms with Crippen molar-refractivity contribution in [2.24, 2.45) is 0 Å². The quantitative estimate of drug-likeness (QED) is 0.315. The average molecular weight is 538 g/mol. The molecule has 0 atom stereocenters. The maximum Gasteiger partial charge on any atom is 0.296 e. The molecular formula is C26H31N7O4S. The normalized spacial score (nSPS) is 14.3. The van der Waals surface area contributed by atoms with Gasteiger partial charge < -0.3 is 14.6 Å². The summed E-state index contributed by atoms with van der Waals surface area (Å²) in [5.41, 5.74) is 1.01. The molecule has 200 valence electrons. The largest absolute Gasteiger partial charge is 0.493 e. The van der Waals surface area contributed by atoms with E-state index in [1.165, 1.54) is 16.6 Å². The van der Waals surface area contributed by atoms with Crippen molar-refractivity contribution in [3.63, 3.8) is 0 Å². The highest BCUT2D eigenvalue weighted by molar-refractivity contribution is 7.89. The number of fused-ring (bicyclic) bond motifs is 1. The van der Waals surface area contributed by atoms with Gasteiger partial charge >= 0.3 is 0 Å². The minimum Gasteiger partial charge on any atom is -0.493 e. The minimum atomic E-state index is -3.85. The van der Waals surface area contributed by atoms with E-state index in [0.29, 0.717) is 30.3 Å². The van der Waals surface area contributed by atoms with E-state index < -0.39 is 15.6 Å². The molecule has 11 nitrogen and oxygen atoms in total. The van der Waals surface area contributed by atoms with Crippen LogP contribution in [-0.4, -0.2) is 60.0 Å². The molecule has 4 aromatic rings. The number of H-pyrrole nitrogens is 1. The van der Waals surface area contributed by atoms with Crippen LogP contribution in [-0.2, 0) is 10.0 Å². The van der Waals surface area contributed by atoms with Crippen LogP contribution in [0.2, 0.25) is 0 Å². The van der Waals surface area contributed by atoms with Crippen LogP contribution < -0.4 is 19.9 Å². The molecule has 38 heavy (non-hydrogen) atoms. The topological polar surface area (TPSA) is 135 Å². The summed E-state index contributed by atoms with van der Waals surface area (Å²) in [5.74, 6) is 1.43. The van der Waals surface area contributed by atoms with Gasteiger partial charge in [-0.05, 0) is 50.1 Å². The molecule has 1 fully saturated rings. The van der Waals surface area contributed by atoms with E-state index in [1.807, 2.05) is 49.2 Å². The van der Waals surface area contributed by atoms with Gasteiger partial charge in [0.15, 0.2) is 11.6 Å². The molecule has 0 radical (unpaired) electrons. The van der Waals surface area contributed by atoms with E-state index in [4.69, 9.17) is 4.74 Å². The van der Waals surface area contributed by atoms with Gasteiger partial charge in [-0.25, -0.2) is 13.1 Å². The lowest BCUT2D eigenvalue weighted by molar-refractivity contribution is 0.341. The zero-order valence-electron chi connectivity index (χ0n) is 21.4. The SMILES string of the molecule is CCOc1ccc(S(=O)(=O)NCCN(C)c2ccccc2)cc1-c1nn2c(C3CCCC3)nnc2c(=O)[nH]1. The smallest absolute Gasteiger partial charge is 0.296 e. The van der Waals surface area contributed by atoms with E-state index in [0.717, 1.165) is 31.4 Å². The van der Waals surface area contributed by atoms with Gasteiger partial charge in [0, 0.05) is 31.7 Å². The summed E-state index contributed by atoms with van der Waals surface area (Å²) in [6.45, 7) is 2.88. The van der Waals surface area contributed by atoms with Crippen molar-refractivity contribution in [3.8, 4) is 17.1 Å². The van der Waals surface area contributed by atoms with Gasteiger partial charge in [-0.3, -0.25) is 4.79 Å². The summed E-state index contributed by atoms with van der Waals surface area (Å²) in [7, 11) is -1.94. The molecule has 2 heterocycles. The van der Waals surface area contributed by atoms with Crippen LogP contribution in [0, 0.1) is 0 Å². The molecule has 0 saturated heterocycles. The Morgan fingerprint density at radius 1 is 1.13 bits per heavy atom. The number of aromatic amines is 1. The number of nitrogens with zero attached hydrogens (tertiary/aromatic N) is 5. The van der Waals surface area contributed by atoms with Crippen LogP contribution in [0.3, 0.4) is 0 Å². The van der Waals surface area contributed by atoms with Gasteiger partial charge in [0.05, 0.1) is 17.1 Å². The lowest BCUT2D eigenvalue weighted by atomic mass is 10.1. The number of ether oxygens (including phenoxy) is 1. The number of anilines is 1. The molecule has 2 aromatic heterocycles. The predicted octanol–water partition coefficient (Wildman–Crippen LogP) is 2.95. The van der Waals surface area contributed by atoms with Crippen LogP contribution in [0.1, 0.15) is 44.3 Å². The maximum absolute atomic E-state index is 13.2. The first-order valence-corrected chi connectivity index (χ1v) is 14.2. The van der Waals surface area contributed by atoms with Crippen molar-refractivity contribution in [1.29, 1.82) is 0 Å². The van der Waals surface area contributed by atoms with Gasteiger partial charge in [0.25, 0.3) is 5.56 Å². The monoisotopic (exact) mass is 537 g/mol. The third kappa shape index (κ3) is 5.27. The lowest BCUT2D eigenvalue weighted by Crippen LogP contribution is -2.33. The molecule has 0 bridgehead atoms. The Morgan fingerprint density at radius 3 is 2.63 bits per heavy atom. The van der Waals surface area contributed by atoms with Gasteiger partial charge in [-0.15, -0.1) is 15.3 Å². The number of benzene rings is 2. The Kier molecular flexibility index (Phi) is 7.43.